The molecule has 1 aromatic heterocycles. The number of rotatable bonds is 9. The number of carbonyl (C=O) groups is 1. The number of H-pyrrole nitrogens is 1. The summed E-state index contributed by atoms with van der Waals surface area (Å²) in [4.78, 5) is 12.7. The summed E-state index contributed by atoms with van der Waals surface area (Å²) in [7, 11) is -3.76. The molecule has 2 aromatic carbocycles. The van der Waals surface area contributed by atoms with Crippen molar-refractivity contribution >= 4 is 50.4 Å². The van der Waals surface area contributed by atoms with Crippen molar-refractivity contribution in [1.82, 2.24) is 20.1 Å². The van der Waals surface area contributed by atoms with Gasteiger partial charge in [0.1, 0.15) is 0 Å². The van der Waals surface area contributed by atoms with Crippen LogP contribution in [0.25, 0.3) is 5.57 Å². The highest BCUT2D eigenvalue weighted by atomic mass is 35.5. The van der Waals surface area contributed by atoms with E-state index >= 15 is 0 Å². The van der Waals surface area contributed by atoms with Crippen LogP contribution in [-0.4, -0.2) is 29.7 Å². The number of sulfonamides is 1. The van der Waals surface area contributed by atoms with Gasteiger partial charge in [0.25, 0.3) is 5.91 Å². The van der Waals surface area contributed by atoms with Gasteiger partial charge in [-0.15, -0.1) is 5.10 Å². The van der Waals surface area contributed by atoms with Gasteiger partial charge in [0.05, 0.1) is 32.4 Å². The Morgan fingerprint density at radius 3 is 2.31 bits per heavy atom. The van der Waals surface area contributed by atoms with Gasteiger partial charge in [-0.25, -0.2) is 8.42 Å². The lowest BCUT2D eigenvalue weighted by Gasteiger charge is -2.24. The van der Waals surface area contributed by atoms with Crippen molar-refractivity contribution in [1.29, 1.82) is 0 Å². The Kier molecular flexibility index (Phi) is 8.73. The Morgan fingerprint density at radius 1 is 1.06 bits per heavy atom. The van der Waals surface area contributed by atoms with Crippen molar-refractivity contribution in [3.8, 4) is 0 Å². The maximum atomic E-state index is 12.9. The molecule has 0 aliphatic heterocycles. The van der Waals surface area contributed by atoms with Gasteiger partial charge in [-0.05, 0) is 74.7 Å². The molecule has 0 saturated carbocycles. The first kappa shape index (κ1) is 27.6. The zero-order valence-electron chi connectivity index (χ0n) is 20.3. The van der Waals surface area contributed by atoms with E-state index < -0.39 is 15.6 Å². The van der Waals surface area contributed by atoms with Gasteiger partial charge in [0.15, 0.2) is 0 Å². The largest absolute Gasteiger partial charge is 0.322 e. The summed E-state index contributed by atoms with van der Waals surface area (Å²) in [5.74, 6) is -0.308. The van der Waals surface area contributed by atoms with Gasteiger partial charge in [0, 0.05) is 11.3 Å². The molecule has 3 rings (SSSR count). The third kappa shape index (κ3) is 6.82. The Bertz CT molecular complexity index is 1400. The molecule has 190 valence electrons. The molecule has 0 aliphatic carbocycles. The molecule has 0 radical (unpaired) electrons. The number of nitrogens with zero attached hydrogens (tertiary/aromatic N) is 2. The Balaban J connectivity index is 1.73. The van der Waals surface area contributed by atoms with Crippen LogP contribution in [0.1, 0.15) is 55.7 Å². The zero-order chi connectivity index (χ0) is 26.5. The van der Waals surface area contributed by atoms with E-state index in [2.05, 4.69) is 25.4 Å². The molecular weight excluding hydrogens is 521 g/mol. The second-order valence-corrected chi connectivity index (χ2v) is 11.3. The molecule has 0 atom stereocenters. The maximum absolute atomic E-state index is 12.9. The predicted molar refractivity (Wildman–Crippen MR) is 144 cm³/mol. The number of carbonyl (C=O) groups excluding carboxylic acids is 1. The normalized spacial score (nSPS) is 13.1. The number of hydrogen-bond donors (Lipinski definition) is 3. The minimum atomic E-state index is -3.76. The molecule has 8 nitrogen and oxygen atoms in total. The molecule has 1 amide bonds. The van der Waals surface area contributed by atoms with Gasteiger partial charge in [-0.3, -0.25) is 9.89 Å². The zero-order valence-corrected chi connectivity index (χ0v) is 22.6. The predicted octanol–water partition coefficient (Wildman–Crippen LogP) is 5.92. The fraction of sp³-hybridized carbons (Fsp3) is 0.240. The Morgan fingerprint density at radius 2 is 1.72 bits per heavy atom. The summed E-state index contributed by atoms with van der Waals surface area (Å²) >= 11 is 11.9. The van der Waals surface area contributed by atoms with Crippen molar-refractivity contribution in [3.63, 3.8) is 0 Å². The van der Waals surface area contributed by atoms with Crippen molar-refractivity contribution in [2.75, 3.05) is 5.32 Å². The van der Waals surface area contributed by atoms with Crippen LogP contribution in [0.5, 0.6) is 0 Å². The summed E-state index contributed by atoms with van der Waals surface area (Å²) in [5.41, 5.74) is 2.48. The lowest BCUT2D eigenvalue weighted by Crippen LogP contribution is -2.41. The smallest absolute Gasteiger partial charge is 0.255 e. The van der Waals surface area contributed by atoms with E-state index in [0.29, 0.717) is 33.4 Å². The van der Waals surface area contributed by atoms with E-state index in [1.807, 2.05) is 19.1 Å². The summed E-state index contributed by atoms with van der Waals surface area (Å²) in [6.45, 7) is 6.97. The van der Waals surface area contributed by atoms with Crippen LogP contribution in [-0.2, 0) is 15.6 Å². The maximum Gasteiger partial charge on any atom is 0.255 e. The average Bonchev–Trinajstić information content (AvgIpc) is 3.37. The minimum Gasteiger partial charge on any atom is -0.322 e. The molecule has 36 heavy (non-hydrogen) atoms. The lowest BCUT2D eigenvalue weighted by atomic mass is 10.0. The fourth-order valence-corrected chi connectivity index (χ4v) is 4.79. The molecule has 0 fully saturated rings. The number of aromatic amines is 1. The highest BCUT2D eigenvalue weighted by Crippen LogP contribution is 2.25. The van der Waals surface area contributed by atoms with E-state index in [1.54, 1.807) is 50.3 Å². The number of aromatic nitrogens is 3. The van der Waals surface area contributed by atoms with Crippen molar-refractivity contribution in [3.05, 3.63) is 92.6 Å². The van der Waals surface area contributed by atoms with Gasteiger partial charge < -0.3 is 5.32 Å². The standard InChI is InChI=1S/C25H27Cl2N5O3S/c1-5-17(7-6-16(2)36(34,35)31-25(3,4)23-15-28-32-30-23)18-8-11-20(12-9-18)29-24(33)19-10-13-21(26)22(27)14-19/h6-15,31H,5H2,1-4H3,(H,29,33)(H,28,30,32)/b16-6+,17-7+. The number of allylic oxidation sites excluding steroid dienone is 4. The summed E-state index contributed by atoms with van der Waals surface area (Å²) < 4.78 is 28.4. The molecule has 11 heteroatoms. The van der Waals surface area contributed by atoms with Crippen LogP contribution in [0.3, 0.4) is 0 Å². The summed E-state index contributed by atoms with van der Waals surface area (Å²) in [6.07, 6.45) is 5.51. The highest BCUT2D eigenvalue weighted by molar-refractivity contribution is 7.93. The SMILES string of the molecule is CC/C(=C\C=C(/C)S(=O)(=O)NC(C)(C)c1cnn[nH]1)c1ccc(NC(=O)c2ccc(Cl)c(Cl)c2)cc1. The minimum absolute atomic E-state index is 0.166. The topological polar surface area (TPSA) is 117 Å². The molecule has 0 aliphatic rings. The third-order valence-corrected chi connectivity index (χ3v) is 8.00. The number of nitrogens with one attached hydrogen (secondary N) is 3. The Hall–Kier alpha value is -2.98. The van der Waals surface area contributed by atoms with Crippen LogP contribution in [0, 0.1) is 0 Å². The number of benzene rings is 2. The average molecular weight is 548 g/mol. The van der Waals surface area contributed by atoms with Gasteiger partial charge >= 0.3 is 0 Å². The Labute approximate surface area is 220 Å². The van der Waals surface area contributed by atoms with Crippen molar-refractivity contribution < 1.29 is 13.2 Å². The van der Waals surface area contributed by atoms with Crippen molar-refractivity contribution in [2.45, 2.75) is 39.7 Å². The number of hydrogen-bond acceptors (Lipinski definition) is 5. The number of anilines is 1. The van der Waals surface area contributed by atoms with Crippen LogP contribution in [0.15, 0.2) is 65.7 Å². The van der Waals surface area contributed by atoms with E-state index in [0.717, 1.165) is 11.1 Å². The fourth-order valence-electron chi connectivity index (χ4n) is 3.30. The molecule has 0 bridgehead atoms. The van der Waals surface area contributed by atoms with Gasteiger partial charge in [0.2, 0.25) is 10.0 Å². The van der Waals surface area contributed by atoms with Crippen LogP contribution < -0.4 is 10.0 Å². The first-order valence-electron chi connectivity index (χ1n) is 11.1. The van der Waals surface area contributed by atoms with Gasteiger partial charge in [-0.2, -0.15) is 4.72 Å². The molecule has 1 heterocycles. The first-order chi connectivity index (χ1) is 16.9. The molecule has 0 spiro atoms. The van der Waals surface area contributed by atoms with E-state index in [-0.39, 0.29) is 10.8 Å². The number of amides is 1. The lowest BCUT2D eigenvalue weighted by molar-refractivity contribution is 0.102. The molecule has 3 N–H and O–H groups in total. The summed E-state index contributed by atoms with van der Waals surface area (Å²) in [5, 5.41) is 13.6. The number of halogens is 2. The van der Waals surface area contributed by atoms with Crippen LogP contribution in [0.2, 0.25) is 10.0 Å². The first-order valence-corrected chi connectivity index (χ1v) is 13.3. The van der Waals surface area contributed by atoms with Crippen LogP contribution in [0.4, 0.5) is 5.69 Å². The quantitative estimate of drug-likeness (QED) is 0.287. The second kappa shape index (κ2) is 11.4. The van der Waals surface area contributed by atoms with E-state index in [1.165, 1.54) is 19.2 Å². The molecule has 0 unspecified atom stereocenters. The van der Waals surface area contributed by atoms with Crippen molar-refractivity contribution in [2.24, 2.45) is 0 Å². The van der Waals surface area contributed by atoms with Gasteiger partial charge in [-0.1, -0.05) is 53.5 Å². The monoisotopic (exact) mass is 547 g/mol. The van der Waals surface area contributed by atoms with E-state index in [4.69, 9.17) is 23.2 Å². The molecule has 0 saturated heterocycles. The highest BCUT2D eigenvalue weighted by Gasteiger charge is 2.29. The third-order valence-electron chi connectivity index (χ3n) is 5.50. The van der Waals surface area contributed by atoms with Crippen LogP contribution >= 0.6 is 23.2 Å². The molecular formula is C25H27Cl2N5O3S. The summed E-state index contributed by atoms with van der Waals surface area (Å²) in [6, 6.07) is 12.0. The van der Waals surface area contributed by atoms with E-state index in [9.17, 15) is 13.2 Å². The molecule has 3 aromatic rings. The second-order valence-electron chi connectivity index (χ2n) is 8.58.